The van der Waals surface area contributed by atoms with E-state index in [1.54, 1.807) is 6.07 Å². The topological polar surface area (TPSA) is 68.4 Å². The van der Waals surface area contributed by atoms with Crippen LogP contribution < -0.4 is 10.5 Å². The quantitative estimate of drug-likeness (QED) is 0.367. The number of benzene rings is 2. The monoisotopic (exact) mass is 429 g/mol. The van der Waals surface area contributed by atoms with E-state index in [0.29, 0.717) is 16.3 Å². The molecule has 0 unspecified atom stereocenters. The summed E-state index contributed by atoms with van der Waals surface area (Å²) < 4.78 is 5.61. The molecule has 0 amide bonds. The molecule has 0 atom stereocenters. The third kappa shape index (κ3) is 3.92. The summed E-state index contributed by atoms with van der Waals surface area (Å²) in [6, 6.07) is 20.0. The largest absolute Gasteiger partial charge is 0.422 e. The average Bonchev–Trinajstić information content (AvgIpc) is 3.10. The molecule has 0 fully saturated rings. The number of esters is 1. The predicted octanol–water partition coefficient (Wildman–Crippen LogP) is 4.96. The first kappa shape index (κ1) is 19.7. The minimum Gasteiger partial charge on any atom is -0.422 e. The maximum Gasteiger partial charge on any atom is 0.355 e. The Morgan fingerprint density at radius 3 is 2.74 bits per heavy atom. The number of hydrogen-bond donors (Lipinski definition) is 1. The third-order valence-corrected chi connectivity index (χ3v) is 6.77. The average molecular weight is 430 g/mol. The van der Waals surface area contributed by atoms with Crippen molar-refractivity contribution in [2.75, 3.05) is 12.3 Å². The Morgan fingerprint density at radius 2 is 1.94 bits per heavy atom. The first-order valence-electron chi connectivity index (χ1n) is 10.3. The molecular weight excluding hydrogens is 406 g/mol. The molecule has 0 bridgehead atoms. The number of thiophene rings is 1. The molecular formula is C25H23N3O2S. The van der Waals surface area contributed by atoms with E-state index < -0.39 is 5.97 Å². The second-order valence-electron chi connectivity index (χ2n) is 7.89. The molecule has 0 radical (unpaired) electrons. The Hall–Kier alpha value is -3.22. The summed E-state index contributed by atoms with van der Waals surface area (Å²) >= 11 is 1.31. The molecule has 4 aromatic rings. The zero-order valence-corrected chi connectivity index (χ0v) is 18.1. The fraction of sp³-hybridized carbons (Fsp3) is 0.200. The van der Waals surface area contributed by atoms with Gasteiger partial charge in [0.2, 0.25) is 0 Å². The Bertz CT molecular complexity index is 1270. The van der Waals surface area contributed by atoms with Crippen LogP contribution >= 0.6 is 11.3 Å². The number of pyridine rings is 1. The van der Waals surface area contributed by atoms with Gasteiger partial charge in [0.15, 0.2) is 0 Å². The van der Waals surface area contributed by atoms with Gasteiger partial charge in [-0.25, -0.2) is 9.78 Å². The van der Waals surface area contributed by atoms with Gasteiger partial charge in [-0.3, -0.25) is 4.90 Å². The molecule has 2 aromatic carbocycles. The van der Waals surface area contributed by atoms with Gasteiger partial charge in [0.1, 0.15) is 15.5 Å². The van der Waals surface area contributed by atoms with Crippen LogP contribution in [0.3, 0.4) is 0 Å². The highest BCUT2D eigenvalue weighted by molar-refractivity contribution is 7.21. The number of anilines is 1. The van der Waals surface area contributed by atoms with Crippen molar-refractivity contribution >= 4 is 33.2 Å². The summed E-state index contributed by atoms with van der Waals surface area (Å²) in [5.41, 5.74) is 11.3. The molecule has 0 saturated carbocycles. The Kier molecular flexibility index (Phi) is 5.18. The van der Waals surface area contributed by atoms with Gasteiger partial charge < -0.3 is 10.5 Å². The van der Waals surface area contributed by atoms with Crippen molar-refractivity contribution in [1.82, 2.24) is 9.88 Å². The minimum atomic E-state index is -0.432. The SMILES string of the molecule is Cc1ccccc1OC(=O)c1sc2nc3c(cc2c1N)CN(Cc1ccccc1)CC3. The van der Waals surface area contributed by atoms with E-state index in [1.807, 2.05) is 31.2 Å². The van der Waals surface area contributed by atoms with Gasteiger partial charge in [0.05, 0.1) is 5.69 Å². The number of hydrogen-bond acceptors (Lipinski definition) is 6. The van der Waals surface area contributed by atoms with Gasteiger partial charge in [0.25, 0.3) is 0 Å². The van der Waals surface area contributed by atoms with E-state index >= 15 is 0 Å². The van der Waals surface area contributed by atoms with Crippen LogP contribution in [0.2, 0.25) is 0 Å². The van der Waals surface area contributed by atoms with Gasteiger partial charge in [-0.1, -0.05) is 48.5 Å². The molecule has 1 aliphatic rings. The van der Waals surface area contributed by atoms with Gasteiger partial charge in [0, 0.05) is 37.1 Å². The fourth-order valence-corrected chi connectivity index (χ4v) is 4.97. The van der Waals surface area contributed by atoms with E-state index in [-0.39, 0.29) is 0 Å². The molecule has 6 heteroatoms. The van der Waals surface area contributed by atoms with Crippen LogP contribution in [-0.4, -0.2) is 22.4 Å². The van der Waals surface area contributed by atoms with E-state index in [1.165, 1.54) is 22.5 Å². The van der Waals surface area contributed by atoms with Crippen molar-refractivity contribution in [1.29, 1.82) is 0 Å². The second-order valence-corrected chi connectivity index (χ2v) is 8.89. The van der Waals surface area contributed by atoms with Crippen molar-refractivity contribution in [3.63, 3.8) is 0 Å². The van der Waals surface area contributed by atoms with Gasteiger partial charge in [-0.05, 0) is 35.7 Å². The lowest BCUT2D eigenvalue weighted by atomic mass is 10.0. The van der Waals surface area contributed by atoms with Crippen molar-refractivity contribution in [2.45, 2.75) is 26.4 Å². The molecule has 5 nitrogen and oxygen atoms in total. The van der Waals surface area contributed by atoms with Crippen molar-refractivity contribution < 1.29 is 9.53 Å². The molecule has 0 spiro atoms. The molecule has 5 rings (SSSR count). The summed E-state index contributed by atoms with van der Waals surface area (Å²) in [4.78, 5) is 21.3. The van der Waals surface area contributed by atoms with Crippen molar-refractivity contribution in [3.05, 3.63) is 87.9 Å². The van der Waals surface area contributed by atoms with Gasteiger partial charge in [-0.2, -0.15) is 0 Å². The molecule has 1 aliphatic heterocycles. The normalized spacial score (nSPS) is 13.8. The lowest BCUT2D eigenvalue weighted by Crippen LogP contribution is -2.30. The third-order valence-electron chi connectivity index (χ3n) is 5.68. The minimum absolute atomic E-state index is 0.411. The highest BCUT2D eigenvalue weighted by atomic mass is 32.1. The molecule has 2 aromatic heterocycles. The van der Waals surface area contributed by atoms with E-state index in [2.05, 4.69) is 35.2 Å². The molecule has 0 saturated heterocycles. The van der Waals surface area contributed by atoms with E-state index in [4.69, 9.17) is 15.5 Å². The summed E-state index contributed by atoms with van der Waals surface area (Å²) in [5.74, 6) is 0.117. The number of fused-ring (bicyclic) bond motifs is 2. The Morgan fingerprint density at radius 1 is 1.16 bits per heavy atom. The standard InChI is InChI=1S/C25H23N3O2S/c1-16-7-5-6-10-21(16)30-25(29)23-22(26)19-13-18-15-28(14-17-8-3-2-4-9-17)12-11-20(18)27-24(19)31-23/h2-10,13H,11-12,14-15,26H2,1H3. The zero-order chi connectivity index (χ0) is 21.4. The number of rotatable bonds is 4. The first-order chi connectivity index (χ1) is 15.1. The number of aromatic nitrogens is 1. The van der Waals surface area contributed by atoms with E-state index in [9.17, 15) is 4.79 Å². The van der Waals surface area contributed by atoms with Gasteiger partial charge in [-0.15, -0.1) is 11.3 Å². The lowest BCUT2D eigenvalue weighted by Gasteiger charge is -2.28. The van der Waals surface area contributed by atoms with Crippen LogP contribution in [0.4, 0.5) is 5.69 Å². The zero-order valence-electron chi connectivity index (χ0n) is 17.3. The van der Waals surface area contributed by atoms with Crippen LogP contribution in [-0.2, 0) is 19.5 Å². The second kappa shape index (κ2) is 8.13. The summed E-state index contributed by atoms with van der Waals surface area (Å²) in [5, 5.41) is 0.835. The molecule has 2 N–H and O–H groups in total. The number of aryl methyl sites for hydroxylation is 1. The van der Waals surface area contributed by atoms with Crippen LogP contribution in [0.1, 0.15) is 32.1 Å². The summed E-state index contributed by atoms with van der Waals surface area (Å²) in [6.45, 7) is 4.61. The number of nitrogen functional groups attached to an aromatic ring is 1. The maximum atomic E-state index is 12.8. The summed E-state index contributed by atoms with van der Waals surface area (Å²) in [6.07, 6.45) is 0.888. The van der Waals surface area contributed by atoms with Crippen molar-refractivity contribution in [3.8, 4) is 5.75 Å². The smallest absolute Gasteiger partial charge is 0.355 e. The molecule has 0 aliphatic carbocycles. The number of nitrogens with zero attached hydrogens (tertiary/aromatic N) is 2. The number of nitrogens with two attached hydrogens (primary N) is 1. The molecule has 31 heavy (non-hydrogen) atoms. The molecule has 3 heterocycles. The van der Waals surface area contributed by atoms with Crippen LogP contribution in [0.15, 0.2) is 60.7 Å². The van der Waals surface area contributed by atoms with Crippen molar-refractivity contribution in [2.24, 2.45) is 0 Å². The summed E-state index contributed by atoms with van der Waals surface area (Å²) in [7, 11) is 0. The number of carbonyl (C=O) groups is 1. The van der Waals surface area contributed by atoms with Crippen LogP contribution in [0.25, 0.3) is 10.2 Å². The fourth-order valence-electron chi connectivity index (χ4n) is 4.00. The number of para-hydroxylation sites is 1. The number of carbonyl (C=O) groups excluding carboxylic acids is 1. The highest BCUT2D eigenvalue weighted by Crippen LogP contribution is 2.36. The maximum absolute atomic E-state index is 12.8. The Labute approximate surface area is 185 Å². The number of ether oxygens (including phenoxy) is 1. The van der Waals surface area contributed by atoms with Gasteiger partial charge >= 0.3 is 5.97 Å². The van der Waals surface area contributed by atoms with Crippen LogP contribution in [0, 0.1) is 6.92 Å². The van der Waals surface area contributed by atoms with E-state index in [0.717, 1.165) is 47.5 Å². The molecule has 156 valence electrons. The first-order valence-corrected chi connectivity index (χ1v) is 11.1. The van der Waals surface area contributed by atoms with Crippen LogP contribution in [0.5, 0.6) is 5.75 Å². The predicted molar refractivity (Wildman–Crippen MR) is 124 cm³/mol. The highest BCUT2D eigenvalue weighted by Gasteiger charge is 2.24. The lowest BCUT2D eigenvalue weighted by molar-refractivity contribution is 0.0739. The Balaban J connectivity index is 1.41.